The molecule has 0 aliphatic heterocycles. The first kappa shape index (κ1) is 16.2. The van der Waals surface area contributed by atoms with Crippen LogP contribution in [-0.2, 0) is 0 Å². The first-order chi connectivity index (χ1) is 11.1. The van der Waals surface area contributed by atoms with Crippen LogP contribution >= 0.6 is 46.1 Å². The van der Waals surface area contributed by atoms with Crippen LogP contribution in [0.2, 0.25) is 15.1 Å². The van der Waals surface area contributed by atoms with Crippen molar-refractivity contribution in [1.29, 1.82) is 0 Å². The van der Waals surface area contributed by atoms with E-state index in [0.717, 1.165) is 4.70 Å². The molecular weight excluding hydrogens is 377 g/mol. The number of thiophene rings is 1. The van der Waals surface area contributed by atoms with E-state index in [1.165, 1.54) is 17.6 Å². The summed E-state index contributed by atoms with van der Waals surface area (Å²) in [5.74, 6) is -0.421. The summed E-state index contributed by atoms with van der Waals surface area (Å²) in [4.78, 5) is 16.6. The molecule has 0 radical (unpaired) electrons. The van der Waals surface area contributed by atoms with E-state index in [0.29, 0.717) is 26.0 Å². The lowest BCUT2D eigenvalue weighted by molar-refractivity contribution is 0.0959. The van der Waals surface area contributed by atoms with Gasteiger partial charge in [-0.3, -0.25) is 9.78 Å². The molecule has 0 saturated heterocycles. The number of halogens is 3. The second kappa shape index (κ2) is 6.84. The smallest absolute Gasteiger partial charge is 0.266 e. The van der Waals surface area contributed by atoms with Gasteiger partial charge < -0.3 is 0 Å². The number of nitrogens with zero attached hydrogens (tertiary/aromatic N) is 2. The lowest BCUT2D eigenvalue weighted by atomic mass is 10.2. The molecule has 0 fully saturated rings. The second-order valence-electron chi connectivity index (χ2n) is 4.46. The lowest BCUT2D eigenvalue weighted by Crippen LogP contribution is -2.16. The molecule has 2 aromatic heterocycles. The van der Waals surface area contributed by atoms with E-state index in [1.54, 1.807) is 30.5 Å². The third-order valence-corrected chi connectivity index (χ3v) is 5.05. The predicted molar refractivity (Wildman–Crippen MR) is 96.2 cm³/mol. The van der Waals surface area contributed by atoms with Gasteiger partial charge in [0.25, 0.3) is 5.91 Å². The van der Waals surface area contributed by atoms with Crippen molar-refractivity contribution in [3.63, 3.8) is 0 Å². The molecular formula is C15H8Cl3N3OS. The van der Waals surface area contributed by atoms with Gasteiger partial charge in [-0.15, -0.1) is 11.3 Å². The number of carbonyl (C=O) groups excluding carboxylic acids is 1. The minimum absolute atomic E-state index is 0.289. The van der Waals surface area contributed by atoms with Crippen LogP contribution in [0, 0.1) is 0 Å². The standard InChI is InChI=1S/C15H8Cl3N3OS/c16-8-5-10(17)12-11(6-8)23-14(13(12)18)15(22)21-20-7-9-3-1-2-4-19-9/h1-7H,(H,21,22)/b20-7+. The van der Waals surface area contributed by atoms with Crippen molar-refractivity contribution in [3.05, 3.63) is 62.2 Å². The summed E-state index contributed by atoms with van der Waals surface area (Å²) in [6.07, 6.45) is 3.08. The monoisotopic (exact) mass is 383 g/mol. The molecule has 2 heterocycles. The number of hydrogen-bond acceptors (Lipinski definition) is 4. The molecule has 0 atom stereocenters. The maximum absolute atomic E-state index is 12.2. The van der Waals surface area contributed by atoms with E-state index in [2.05, 4.69) is 15.5 Å². The van der Waals surface area contributed by atoms with Crippen LogP contribution in [-0.4, -0.2) is 17.1 Å². The minimum atomic E-state index is -0.421. The van der Waals surface area contributed by atoms with Crippen molar-refractivity contribution in [2.75, 3.05) is 0 Å². The zero-order valence-corrected chi connectivity index (χ0v) is 14.5. The van der Waals surface area contributed by atoms with Crippen LogP contribution in [0.5, 0.6) is 0 Å². The van der Waals surface area contributed by atoms with Crippen molar-refractivity contribution < 1.29 is 4.79 Å². The number of benzene rings is 1. The molecule has 1 N–H and O–H groups in total. The highest BCUT2D eigenvalue weighted by molar-refractivity contribution is 7.21. The Morgan fingerprint density at radius 2 is 2.09 bits per heavy atom. The van der Waals surface area contributed by atoms with Gasteiger partial charge in [-0.1, -0.05) is 40.9 Å². The van der Waals surface area contributed by atoms with Gasteiger partial charge in [0.1, 0.15) is 4.88 Å². The molecule has 8 heteroatoms. The Morgan fingerprint density at radius 1 is 1.26 bits per heavy atom. The number of nitrogens with one attached hydrogen (secondary N) is 1. The molecule has 0 unspecified atom stereocenters. The summed E-state index contributed by atoms with van der Waals surface area (Å²) in [5.41, 5.74) is 3.05. The average Bonchev–Trinajstić information content (AvgIpc) is 2.85. The molecule has 23 heavy (non-hydrogen) atoms. The van der Waals surface area contributed by atoms with E-state index in [4.69, 9.17) is 34.8 Å². The molecule has 0 aliphatic carbocycles. The highest BCUT2D eigenvalue weighted by Crippen LogP contribution is 2.41. The Morgan fingerprint density at radius 3 is 2.83 bits per heavy atom. The fourth-order valence-corrected chi connectivity index (χ4v) is 4.19. The maximum atomic E-state index is 12.2. The van der Waals surface area contributed by atoms with Gasteiger partial charge in [-0.05, 0) is 24.3 Å². The Hall–Kier alpha value is -1.66. The first-order valence-electron chi connectivity index (χ1n) is 6.37. The average molecular weight is 385 g/mol. The van der Waals surface area contributed by atoms with Crippen molar-refractivity contribution in [2.24, 2.45) is 5.10 Å². The molecule has 3 rings (SSSR count). The fourth-order valence-electron chi connectivity index (χ4n) is 1.92. The van der Waals surface area contributed by atoms with Gasteiger partial charge in [0.05, 0.1) is 22.0 Å². The van der Waals surface area contributed by atoms with Crippen LogP contribution in [0.3, 0.4) is 0 Å². The van der Waals surface area contributed by atoms with Crippen LogP contribution in [0.25, 0.3) is 10.1 Å². The number of rotatable bonds is 3. The molecule has 3 aromatic rings. The minimum Gasteiger partial charge on any atom is -0.266 e. The summed E-state index contributed by atoms with van der Waals surface area (Å²) >= 11 is 19.6. The molecule has 0 bridgehead atoms. The molecule has 0 aliphatic rings. The third-order valence-electron chi connectivity index (χ3n) is 2.91. The number of hydrogen-bond donors (Lipinski definition) is 1. The first-order valence-corrected chi connectivity index (χ1v) is 8.33. The Balaban J connectivity index is 1.85. The number of aromatic nitrogens is 1. The highest BCUT2D eigenvalue weighted by atomic mass is 35.5. The number of carbonyl (C=O) groups is 1. The number of pyridine rings is 1. The Labute approximate surface area is 150 Å². The van der Waals surface area contributed by atoms with Crippen LogP contribution < -0.4 is 5.43 Å². The van der Waals surface area contributed by atoms with E-state index in [-0.39, 0.29) is 5.02 Å². The van der Waals surface area contributed by atoms with Crippen molar-refractivity contribution in [1.82, 2.24) is 10.4 Å². The van der Waals surface area contributed by atoms with E-state index in [1.807, 2.05) is 6.07 Å². The lowest BCUT2D eigenvalue weighted by Gasteiger charge is -1.98. The van der Waals surface area contributed by atoms with Gasteiger partial charge in [-0.25, -0.2) is 5.43 Å². The zero-order chi connectivity index (χ0) is 16.4. The fraction of sp³-hybridized carbons (Fsp3) is 0. The van der Waals surface area contributed by atoms with E-state index >= 15 is 0 Å². The third kappa shape index (κ3) is 3.48. The summed E-state index contributed by atoms with van der Waals surface area (Å²) in [6, 6.07) is 8.69. The topological polar surface area (TPSA) is 54.4 Å². The predicted octanol–water partition coefficient (Wildman–Crippen LogP) is 5.02. The molecule has 0 saturated carbocycles. The Bertz CT molecular complexity index is 909. The maximum Gasteiger partial charge on any atom is 0.283 e. The molecule has 0 spiro atoms. The molecule has 1 amide bonds. The largest absolute Gasteiger partial charge is 0.283 e. The van der Waals surface area contributed by atoms with Gasteiger partial charge in [0.2, 0.25) is 0 Å². The number of fused-ring (bicyclic) bond motifs is 1. The van der Waals surface area contributed by atoms with Crippen LogP contribution in [0.1, 0.15) is 15.4 Å². The van der Waals surface area contributed by atoms with E-state index in [9.17, 15) is 4.79 Å². The SMILES string of the molecule is O=C(N/N=C/c1ccccn1)c1sc2cc(Cl)cc(Cl)c2c1Cl. The zero-order valence-electron chi connectivity index (χ0n) is 11.4. The van der Waals surface area contributed by atoms with Crippen molar-refractivity contribution in [3.8, 4) is 0 Å². The summed E-state index contributed by atoms with van der Waals surface area (Å²) in [6.45, 7) is 0. The van der Waals surface area contributed by atoms with Crippen LogP contribution in [0.15, 0.2) is 41.6 Å². The quantitative estimate of drug-likeness (QED) is 0.509. The van der Waals surface area contributed by atoms with Gasteiger partial charge in [0, 0.05) is 21.3 Å². The van der Waals surface area contributed by atoms with Crippen LogP contribution in [0.4, 0.5) is 0 Å². The van der Waals surface area contributed by atoms with Crippen molar-refractivity contribution >= 4 is 68.3 Å². The highest BCUT2D eigenvalue weighted by Gasteiger charge is 2.19. The number of amides is 1. The number of hydrazone groups is 1. The molecule has 1 aromatic carbocycles. The molecule has 4 nitrogen and oxygen atoms in total. The second-order valence-corrected chi connectivity index (χ2v) is 6.73. The van der Waals surface area contributed by atoms with Gasteiger partial charge >= 0.3 is 0 Å². The Kier molecular flexibility index (Phi) is 4.82. The van der Waals surface area contributed by atoms with E-state index < -0.39 is 5.91 Å². The van der Waals surface area contributed by atoms with Gasteiger partial charge in [-0.2, -0.15) is 5.10 Å². The summed E-state index contributed by atoms with van der Waals surface area (Å²) < 4.78 is 0.742. The summed E-state index contributed by atoms with van der Waals surface area (Å²) in [7, 11) is 0. The normalized spacial score (nSPS) is 11.3. The van der Waals surface area contributed by atoms with Gasteiger partial charge in [0.15, 0.2) is 0 Å². The molecule has 116 valence electrons. The van der Waals surface area contributed by atoms with Crippen molar-refractivity contribution in [2.45, 2.75) is 0 Å². The summed E-state index contributed by atoms with van der Waals surface area (Å²) in [5, 5.41) is 5.67.